The number of nitrogens with one attached hydrogen (secondary N) is 1. The minimum Gasteiger partial charge on any atom is -0.357 e. The molecule has 1 N–H and O–H groups in total. The van der Waals surface area contributed by atoms with Crippen LogP contribution in [0.5, 0.6) is 0 Å². The molecule has 2 aromatic carbocycles. The molecule has 1 saturated carbocycles. The minimum absolute atomic E-state index is 0.0590. The number of H-pyrrole nitrogens is 1. The van der Waals surface area contributed by atoms with Crippen LogP contribution in [0.3, 0.4) is 0 Å². The van der Waals surface area contributed by atoms with E-state index in [1.165, 1.54) is 22.2 Å². The summed E-state index contributed by atoms with van der Waals surface area (Å²) in [7, 11) is 0. The van der Waals surface area contributed by atoms with Gasteiger partial charge in [0.05, 0.1) is 5.54 Å². The van der Waals surface area contributed by atoms with Gasteiger partial charge in [-0.2, -0.15) is 0 Å². The molecule has 0 radical (unpaired) electrons. The standard InChI is InChI=1S/C29H32N2O/c1-2-13-29-18-22-17-27(32)21(15-20-8-4-3-5-9-20)16-23(22)19-31(29)14-12-25-24-10-6-7-11-26(24)30-28(25)29/h3-11,15,22-23,30H,2,12-14,16-19H2,1H3/t22?,23?,29-/m0/s1. The molecule has 1 aliphatic carbocycles. The average molecular weight is 425 g/mol. The van der Waals surface area contributed by atoms with E-state index in [9.17, 15) is 4.79 Å². The second-order valence-electron chi connectivity index (χ2n) is 10.1. The van der Waals surface area contributed by atoms with Crippen LogP contribution in [0.25, 0.3) is 17.0 Å². The van der Waals surface area contributed by atoms with E-state index in [1.54, 1.807) is 0 Å². The predicted octanol–water partition coefficient (Wildman–Crippen LogP) is 6.10. The lowest BCUT2D eigenvalue weighted by atomic mass is 9.63. The first-order valence-corrected chi connectivity index (χ1v) is 12.3. The second-order valence-corrected chi connectivity index (χ2v) is 10.1. The molecule has 3 nitrogen and oxygen atoms in total. The highest BCUT2D eigenvalue weighted by atomic mass is 16.1. The minimum atomic E-state index is 0.0590. The molecule has 3 aromatic rings. The van der Waals surface area contributed by atoms with Crippen LogP contribution in [0.4, 0.5) is 0 Å². The van der Waals surface area contributed by atoms with Crippen LogP contribution in [-0.2, 0) is 16.8 Å². The number of rotatable bonds is 3. The van der Waals surface area contributed by atoms with Gasteiger partial charge in [0.25, 0.3) is 0 Å². The predicted molar refractivity (Wildman–Crippen MR) is 130 cm³/mol. The van der Waals surface area contributed by atoms with Crippen molar-refractivity contribution >= 4 is 22.8 Å². The summed E-state index contributed by atoms with van der Waals surface area (Å²) in [6.07, 6.45) is 8.32. The van der Waals surface area contributed by atoms with E-state index >= 15 is 0 Å². The van der Waals surface area contributed by atoms with Crippen molar-refractivity contribution < 1.29 is 4.79 Å². The Morgan fingerprint density at radius 1 is 1.06 bits per heavy atom. The maximum absolute atomic E-state index is 13.2. The quantitative estimate of drug-likeness (QED) is 0.515. The largest absolute Gasteiger partial charge is 0.357 e. The monoisotopic (exact) mass is 424 g/mol. The fourth-order valence-corrected chi connectivity index (χ4v) is 6.93. The van der Waals surface area contributed by atoms with Gasteiger partial charge in [-0.15, -0.1) is 0 Å². The Balaban J connectivity index is 1.36. The first-order valence-electron chi connectivity index (χ1n) is 12.3. The molecule has 1 saturated heterocycles. The number of carbonyl (C=O) groups excluding carboxylic acids is 1. The molecule has 1 aromatic heterocycles. The Morgan fingerprint density at radius 2 is 1.88 bits per heavy atom. The lowest BCUT2D eigenvalue weighted by Crippen LogP contribution is -2.58. The number of aromatic nitrogens is 1. The molecule has 3 aliphatic rings. The highest BCUT2D eigenvalue weighted by Gasteiger charge is 2.51. The van der Waals surface area contributed by atoms with Crippen LogP contribution in [0.1, 0.15) is 55.8 Å². The summed E-state index contributed by atoms with van der Waals surface area (Å²) >= 11 is 0. The summed E-state index contributed by atoms with van der Waals surface area (Å²) in [6, 6.07) is 19.1. The fourth-order valence-electron chi connectivity index (χ4n) is 6.93. The zero-order valence-corrected chi connectivity index (χ0v) is 18.9. The number of hydrogen-bond acceptors (Lipinski definition) is 2. The molecule has 0 bridgehead atoms. The molecule has 3 heteroatoms. The SMILES string of the molecule is CCC[C@@]12CC3CC(=O)C(=Cc4ccccc4)CC3CN1CCc1c2[nH]c2ccccc12. The van der Waals surface area contributed by atoms with Crippen molar-refractivity contribution in [1.29, 1.82) is 0 Å². The number of para-hydroxylation sites is 1. The molecule has 3 heterocycles. The molecule has 2 unspecified atom stereocenters. The Hall–Kier alpha value is -2.65. The van der Waals surface area contributed by atoms with E-state index in [4.69, 9.17) is 0 Å². The van der Waals surface area contributed by atoms with Gasteiger partial charge < -0.3 is 4.98 Å². The first kappa shape index (κ1) is 20.0. The molecule has 2 aliphatic heterocycles. The zero-order valence-electron chi connectivity index (χ0n) is 18.9. The van der Waals surface area contributed by atoms with Crippen LogP contribution in [0.2, 0.25) is 0 Å². The maximum Gasteiger partial charge on any atom is 0.159 e. The summed E-state index contributed by atoms with van der Waals surface area (Å²) in [5, 5.41) is 1.40. The van der Waals surface area contributed by atoms with E-state index in [-0.39, 0.29) is 5.54 Å². The summed E-state index contributed by atoms with van der Waals surface area (Å²) in [4.78, 5) is 19.8. The highest BCUT2D eigenvalue weighted by molar-refractivity contribution is 6.00. The number of nitrogens with zero attached hydrogens (tertiary/aromatic N) is 1. The highest BCUT2D eigenvalue weighted by Crippen LogP contribution is 2.52. The fraction of sp³-hybridized carbons (Fsp3) is 0.414. The molecule has 2 fully saturated rings. The normalized spacial score (nSPS) is 29.0. The number of benzene rings is 2. The van der Waals surface area contributed by atoms with Gasteiger partial charge in [0.15, 0.2) is 5.78 Å². The number of aromatic amines is 1. The van der Waals surface area contributed by atoms with Crippen molar-refractivity contribution in [2.75, 3.05) is 13.1 Å². The van der Waals surface area contributed by atoms with Gasteiger partial charge in [0.2, 0.25) is 0 Å². The van der Waals surface area contributed by atoms with Gasteiger partial charge in [-0.1, -0.05) is 61.9 Å². The van der Waals surface area contributed by atoms with Crippen LogP contribution in [0, 0.1) is 11.8 Å². The molecule has 32 heavy (non-hydrogen) atoms. The van der Waals surface area contributed by atoms with E-state index in [0.717, 1.165) is 56.3 Å². The number of allylic oxidation sites excluding steroid dienone is 1. The van der Waals surface area contributed by atoms with E-state index in [0.29, 0.717) is 24.0 Å². The maximum atomic E-state index is 13.2. The molecular weight excluding hydrogens is 392 g/mol. The number of ketones is 1. The van der Waals surface area contributed by atoms with Crippen molar-refractivity contribution in [3.8, 4) is 0 Å². The molecule has 6 rings (SSSR count). The lowest BCUT2D eigenvalue weighted by Gasteiger charge is -2.56. The Bertz CT molecular complexity index is 1190. The van der Waals surface area contributed by atoms with Gasteiger partial charge in [0, 0.05) is 36.1 Å². The third kappa shape index (κ3) is 3.09. The molecule has 0 spiro atoms. The first-order chi connectivity index (χ1) is 15.7. The molecule has 0 amide bonds. The van der Waals surface area contributed by atoms with Crippen molar-refractivity contribution in [3.05, 3.63) is 77.0 Å². The van der Waals surface area contributed by atoms with Gasteiger partial charge in [-0.25, -0.2) is 0 Å². The Kier molecular flexibility index (Phi) is 4.83. The van der Waals surface area contributed by atoms with Gasteiger partial charge in [-0.05, 0) is 66.4 Å². The topological polar surface area (TPSA) is 36.1 Å². The molecule has 164 valence electrons. The zero-order chi connectivity index (χ0) is 21.7. The summed E-state index contributed by atoms with van der Waals surface area (Å²) in [5.74, 6) is 1.43. The number of hydrogen-bond donors (Lipinski definition) is 1. The lowest BCUT2D eigenvalue weighted by molar-refractivity contribution is -0.121. The third-order valence-electron chi connectivity index (χ3n) is 8.33. The summed E-state index contributed by atoms with van der Waals surface area (Å²) < 4.78 is 0. The van der Waals surface area contributed by atoms with E-state index in [1.807, 2.05) is 18.2 Å². The average Bonchev–Trinajstić information content (AvgIpc) is 3.19. The van der Waals surface area contributed by atoms with Crippen molar-refractivity contribution in [2.45, 2.75) is 51.0 Å². The van der Waals surface area contributed by atoms with Crippen LogP contribution < -0.4 is 0 Å². The van der Waals surface area contributed by atoms with Crippen LogP contribution in [-0.4, -0.2) is 28.8 Å². The number of fused-ring (bicyclic) bond motifs is 6. The second kappa shape index (κ2) is 7.74. The molecule has 3 atom stereocenters. The number of piperidine rings is 1. The van der Waals surface area contributed by atoms with Gasteiger partial charge in [0.1, 0.15) is 0 Å². The summed E-state index contributed by atoms with van der Waals surface area (Å²) in [5.41, 5.74) is 6.47. The smallest absolute Gasteiger partial charge is 0.159 e. The van der Waals surface area contributed by atoms with Gasteiger partial charge >= 0.3 is 0 Å². The van der Waals surface area contributed by atoms with Crippen LogP contribution >= 0.6 is 0 Å². The van der Waals surface area contributed by atoms with Crippen molar-refractivity contribution in [2.24, 2.45) is 11.8 Å². The van der Waals surface area contributed by atoms with Crippen molar-refractivity contribution in [3.63, 3.8) is 0 Å². The molecular formula is C29H32N2O. The Labute approximate surface area is 190 Å². The van der Waals surface area contributed by atoms with E-state index in [2.05, 4.69) is 59.3 Å². The number of carbonyl (C=O) groups is 1. The Morgan fingerprint density at radius 3 is 2.72 bits per heavy atom. The van der Waals surface area contributed by atoms with Crippen LogP contribution in [0.15, 0.2) is 60.2 Å². The van der Waals surface area contributed by atoms with Crippen molar-refractivity contribution in [1.82, 2.24) is 9.88 Å². The van der Waals surface area contributed by atoms with E-state index < -0.39 is 0 Å². The third-order valence-corrected chi connectivity index (χ3v) is 8.33. The van der Waals surface area contributed by atoms with Gasteiger partial charge in [-0.3, -0.25) is 9.69 Å². The summed E-state index contributed by atoms with van der Waals surface area (Å²) in [6.45, 7) is 4.55. The number of Topliss-reactive ketones (excluding diaryl/α,β-unsaturated/α-hetero) is 1.